The van der Waals surface area contributed by atoms with Crippen molar-refractivity contribution in [2.24, 2.45) is 0 Å². The van der Waals surface area contributed by atoms with E-state index in [1.54, 1.807) is 0 Å². The summed E-state index contributed by atoms with van der Waals surface area (Å²) in [6, 6.07) is 5.38. The lowest BCUT2D eigenvalue weighted by Gasteiger charge is -2.13. The van der Waals surface area contributed by atoms with Crippen LogP contribution in [0.1, 0.15) is 0 Å². The number of methoxy groups -OCH3 is 1. The lowest BCUT2D eigenvalue weighted by molar-refractivity contribution is -0.0494. The normalized spacial score (nSPS) is 10.7. The fraction of sp³-hybridized carbons (Fsp3) is 0.154. The molecule has 1 aromatic heterocycles. The Labute approximate surface area is 117 Å². The number of hydrogen-bond donors (Lipinski definition) is 1. The van der Waals surface area contributed by atoms with Crippen LogP contribution in [0.2, 0.25) is 5.02 Å². The van der Waals surface area contributed by atoms with E-state index in [9.17, 15) is 13.6 Å². The van der Waals surface area contributed by atoms with E-state index < -0.39 is 12.2 Å². The molecule has 20 heavy (non-hydrogen) atoms. The van der Waals surface area contributed by atoms with Crippen LogP contribution in [0.4, 0.5) is 8.78 Å². The Bertz CT molecular complexity index is 673. The number of H-pyrrole nitrogens is 1. The summed E-state index contributed by atoms with van der Waals surface area (Å²) in [6.07, 6.45) is 1.34. The van der Waals surface area contributed by atoms with Crippen LogP contribution in [0.25, 0.3) is 11.1 Å². The molecule has 0 aliphatic rings. The highest BCUT2D eigenvalue weighted by atomic mass is 35.5. The standard InChI is InChI=1S/C13H10ClF2NO3/c1-19-11-6-17-12(18)5-9(11)8-4-7(14)2-3-10(8)20-13(15)16/h2-6,13H,1H3,(H,17,18). The highest BCUT2D eigenvalue weighted by Crippen LogP contribution is 2.37. The molecule has 106 valence electrons. The molecular weight excluding hydrogens is 292 g/mol. The maximum Gasteiger partial charge on any atom is 0.387 e. The van der Waals surface area contributed by atoms with Gasteiger partial charge in [0.25, 0.3) is 0 Å². The number of hydrogen-bond acceptors (Lipinski definition) is 3. The van der Waals surface area contributed by atoms with Gasteiger partial charge in [0.1, 0.15) is 11.5 Å². The van der Waals surface area contributed by atoms with Crippen molar-refractivity contribution in [1.29, 1.82) is 0 Å². The van der Waals surface area contributed by atoms with Crippen LogP contribution < -0.4 is 15.0 Å². The minimum Gasteiger partial charge on any atom is -0.495 e. The average molecular weight is 302 g/mol. The van der Waals surface area contributed by atoms with Crippen molar-refractivity contribution in [3.8, 4) is 22.6 Å². The van der Waals surface area contributed by atoms with Crippen LogP contribution in [0.3, 0.4) is 0 Å². The summed E-state index contributed by atoms with van der Waals surface area (Å²) in [5, 5.41) is 0.323. The second-order valence-electron chi connectivity index (χ2n) is 3.80. The Kier molecular flexibility index (Phi) is 4.24. The molecule has 0 bridgehead atoms. The topological polar surface area (TPSA) is 51.3 Å². The van der Waals surface area contributed by atoms with E-state index >= 15 is 0 Å². The van der Waals surface area contributed by atoms with Crippen molar-refractivity contribution >= 4 is 11.6 Å². The summed E-state index contributed by atoms with van der Waals surface area (Å²) in [5.74, 6) is 0.222. The number of rotatable bonds is 4. The molecule has 4 nitrogen and oxygen atoms in total. The highest BCUT2D eigenvalue weighted by molar-refractivity contribution is 6.31. The van der Waals surface area contributed by atoms with Crippen LogP contribution >= 0.6 is 11.6 Å². The SMILES string of the molecule is COc1c[nH]c(=O)cc1-c1cc(Cl)ccc1OC(F)F. The number of alkyl halides is 2. The number of ether oxygens (including phenoxy) is 2. The monoisotopic (exact) mass is 301 g/mol. The first-order valence-electron chi connectivity index (χ1n) is 5.52. The third kappa shape index (κ3) is 3.08. The summed E-state index contributed by atoms with van der Waals surface area (Å²) >= 11 is 5.87. The average Bonchev–Trinajstić information content (AvgIpc) is 2.40. The van der Waals surface area contributed by atoms with Gasteiger partial charge in [-0.05, 0) is 18.2 Å². The predicted molar refractivity (Wildman–Crippen MR) is 70.7 cm³/mol. The molecule has 0 aliphatic carbocycles. The van der Waals surface area contributed by atoms with Crippen LogP contribution in [0.5, 0.6) is 11.5 Å². The molecule has 0 amide bonds. The van der Waals surface area contributed by atoms with E-state index in [1.807, 2.05) is 0 Å². The largest absolute Gasteiger partial charge is 0.495 e. The van der Waals surface area contributed by atoms with Gasteiger partial charge >= 0.3 is 6.61 Å². The van der Waals surface area contributed by atoms with Crippen molar-refractivity contribution in [3.05, 3.63) is 45.8 Å². The summed E-state index contributed by atoms with van der Waals surface area (Å²) in [6.45, 7) is -2.98. The fourth-order valence-electron chi connectivity index (χ4n) is 1.75. The first-order chi connectivity index (χ1) is 9.51. The maximum absolute atomic E-state index is 12.4. The molecule has 1 heterocycles. The Hall–Kier alpha value is -2.08. The Balaban J connectivity index is 2.64. The second-order valence-corrected chi connectivity index (χ2v) is 4.23. The molecule has 1 N–H and O–H groups in total. The van der Waals surface area contributed by atoms with Crippen molar-refractivity contribution < 1.29 is 18.3 Å². The van der Waals surface area contributed by atoms with E-state index in [0.29, 0.717) is 16.3 Å². The molecule has 0 saturated carbocycles. The Morgan fingerprint density at radius 2 is 1.90 bits per heavy atom. The molecule has 7 heteroatoms. The number of aromatic amines is 1. The van der Waals surface area contributed by atoms with E-state index in [2.05, 4.69) is 9.72 Å². The van der Waals surface area contributed by atoms with E-state index in [0.717, 1.165) is 0 Å². The molecule has 0 fully saturated rings. The summed E-state index contributed by atoms with van der Waals surface area (Å²) in [5.41, 5.74) is 0.166. The molecule has 0 aliphatic heterocycles. The van der Waals surface area contributed by atoms with Crippen molar-refractivity contribution in [3.63, 3.8) is 0 Å². The lowest BCUT2D eigenvalue weighted by atomic mass is 10.1. The van der Waals surface area contributed by atoms with Gasteiger partial charge in [-0.15, -0.1) is 0 Å². The number of pyridine rings is 1. The fourth-order valence-corrected chi connectivity index (χ4v) is 1.92. The van der Waals surface area contributed by atoms with Gasteiger partial charge in [0.05, 0.1) is 7.11 Å². The molecule has 0 radical (unpaired) electrons. The zero-order chi connectivity index (χ0) is 14.7. The maximum atomic E-state index is 12.4. The first kappa shape index (κ1) is 14.3. The van der Waals surface area contributed by atoms with Crippen molar-refractivity contribution in [1.82, 2.24) is 4.98 Å². The Morgan fingerprint density at radius 3 is 2.55 bits per heavy atom. The molecule has 0 atom stereocenters. The van der Waals surface area contributed by atoms with Gasteiger partial charge in [0.2, 0.25) is 5.56 Å². The zero-order valence-corrected chi connectivity index (χ0v) is 11.1. The predicted octanol–water partition coefficient (Wildman–Crippen LogP) is 3.31. The van der Waals surface area contributed by atoms with Crippen LogP contribution in [0.15, 0.2) is 35.3 Å². The Morgan fingerprint density at radius 1 is 1.20 bits per heavy atom. The number of halogens is 3. The number of aromatic nitrogens is 1. The quantitative estimate of drug-likeness (QED) is 0.942. The third-order valence-corrected chi connectivity index (χ3v) is 2.79. The van der Waals surface area contributed by atoms with Gasteiger partial charge in [-0.25, -0.2) is 0 Å². The molecule has 0 unspecified atom stereocenters. The van der Waals surface area contributed by atoms with Gasteiger partial charge in [-0.1, -0.05) is 11.6 Å². The van der Waals surface area contributed by atoms with Crippen LogP contribution in [-0.4, -0.2) is 18.7 Å². The van der Waals surface area contributed by atoms with E-state index in [4.69, 9.17) is 16.3 Å². The minimum atomic E-state index is -2.98. The molecular formula is C13H10ClF2NO3. The summed E-state index contributed by atoms with van der Waals surface area (Å²) in [7, 11) is 1.40. The first-order valence-corrected chi connectivity index (χ1v) is 5.90. The van der Waals surface area contributed by atoms with E-state index in [-0.39, 0.29) is 11.3 Å². The van der Waals surface area contributed by atoms with Crippen molar-refractivity contribution in [2.45, 2.75) is 6.61 Å². The van der Waals surface area contributed by atoms with Gasteiger partial charge in [0.15, 0.2) is 0 Å². The molecule has 2 rings (SSSR count). The van der Waals surface area contributed by atoms with E-state index in [1.165, 1.54) is 37.6 Å². The number of benzene rings is 1. The molecule has 2 aromatic rings. The van der Waals surface area contributed by atoms with Gasteiger partial charge < -0.3 is 14.5 Å². The second kappa shape index (κ2) is 5.92. The molecule has 0 spiro atoms. The summed E-state index contributed by atoms with van der Waals surface area (Å²) in [4.78, 5) is 13.9. The third-order valence-electron chi connectivity index (χ3n) is 2.55. The summed E-state index contributed by atoms with van der Waals surface area (Å²) < 4.78 is 34.4. The molecule has 1 aromatic carbocycles. The van der Waals surface area contributed by atoms with Crippen molar-refractivity contribution in [2.75, 3.05) is 7.11 Å². The van der Waals surface area contributed by atoms with Gasteiger partial charge in [0, 0.05) is 28.4 Å². The minimum absolute atomic E-state index is 0.0895. The van der Waals surface area contributed by atoms with Crippen LogP contribution in [-0.2, 0) is 0 Å². The lowest BCUT2D eigenvalue weighted by Crippen LogP contribution is -2.07. The zero-order valence-electron chi connectivity index (χ0n) is 10.3. The van der Waals surface area contributed by atoms with Gasteiger partial charge in [-0.3, -0.25) is 4.79 Å². The van der Waals surface area contributed by atoms with Crippen LogP contribution in [0, 0.1) is 0 Å². The highest BCUT2D eigenvalue weighted by Gasteiger charge is 2.15. The smallest absolute Gasteiger partial charge is 0.387 e. The van der Waals surface area contributed by atoms with Gasteiger partial charge in [-0.2, -0.15) is 8.78 Å². The number of nitrogens with one attached hydrogen (secondary N) is 1. The molecule has 0 saturated heterocycles.